The standard InChI is InChI=1S/C26H28FN5O3/c1-29-10-12-32(13-11-29)26(34)23-24(35-18-28-23)21-4-2-3-5-22(21)25(33)31-16-14-30(15-17-31)20-8-6-19(27)7-9-20/h2-9,18H,10-17H2,1H3. The summed E-state index contributed by atoms with van der Waals surface area (Å²) in [6.07, 6.45) is 1.27. The highest BCUT2D eigenvalue weighted by molar-refractivity contribution is 6.04. The second-order valence-electron chi connectivity index (χ2n) is 8.93. The summed E-state index contributed by atoms with van der Waals surface area (Å²) in [6.45, 7) is 5.23. The van der Waals surface area contributed by atoms with Crippen LogP contribution < -0.4 is 4.90 Å². The van der Waals surface area contributed by atoms with Crippen LogP contribution in [0.2, 0.25) is 0 Å². The van der Waals surface area contributed by atoms with Gasteiger partial charge in [0, 0.05) is 63.6 Å². The third-order valence-corrected chi connectivity index (χ3v) is 6.72. The van der Waals surface area contributed by atoms with E-state index in [4.69, 9.17) is 4.42 Å². The summed E-state index contributed by atoms with van der Waals surface area (Å²) in [4.78, 5) is 38.8. The van der Waals surface area contributed by atoms with Gasteiger partial charge in [-0.25, -0.2) is 9.37 Å². The predicted molar refractivity (Wildman–Crippen MR) is 130 cm³/mol. The van der Waals surface area contributed by atoms with Crippen molar-refractivity contribution in [2.24, 2.45) is 0 Å². The molecule has 3 aromatic rings. The van der Waals surface area contributed by atoms with E-state index in [0.29, 0.717) is 56.2 Å². The van der Waals surface area contributed by atoms with Crippen LogP contribution in [0.15, 0.2) is 59.3 Å². The summed E-state index contributed by atoms with van der Waals surface area (Å²) in [5, 5.41) is 0. The van der Waals surface area contributed by atoms with Gasteiger partial charge in [0.05, 0.1) is 5.56 Å². The zero-order chi connectivity index (χ0) is 24.4. The van der Waals surface area contributed by atoms with E-state index in [1.807, 2.05) is 19.2 Å². The normalized spacial score (nSPS) is 17.0. The quantitative estimate of drug-likeness (QED) is 0.576. The van der Waals surface area contributed by atoms with E-state index >= 15 is 0 Å². The van der Waals surface area contributed by atoms with Crippen molar-refractivity contribution >= 4 is 17.5 Å². The molecule has 3 heterocycles. The molecule has 0 aliphatic carbocycles. The molecule has 2 saturated heterocycles. The zero-order valence-corrected chi connectivity index (χ0v) is 19.7. The van der Waals surface area contributed by atoms with Gasteiger partial charge in [-0.3, -0.25) is 9.59 Å². The fourth-order valence-electron chi connectivity index (χ4n) is 4.61. The van der Waals surface area contributed by atoms with Crippen LogP contribution in [0.3, 0.4) is 0 Å². The molecule has 1 aromatic heterocycles. The lowest BCUT2D eigenvalue weighted by Crippen LogP contribution is -2.49. The van der Waals surface area contributed by atoms with E-state index in [1.54, 1.807) is 34.1 Å². The number of rotatable bonds is 4. The van der Waals surface area contributed by atoms with Gasteiger partial charge in [-0.1, -0.05) is 18.2 Å². The summed E-state index contributed by atoms with van der Waals surface area (Å²) in [6, 6.07) is 13.6. The molecule has 182 valence electrons. The summed E-state index contributed by atoms with van der Waals surface area (Å²) in [7, 11) is 2.03. The van der Waals surface area contributed by atoms with Crippen LogP contribution >= 0.6 is 0 Å². The van der Waals surface area contributed by atoms with Gasteiger partial charge < -0.3 is 24.0 Å². The summed E-state index contributed by atoms with van der Waals surface area (Å²) in [5.74, 6) is -0.245. The Morgan fingerprint density at radius 3 is 2.17 bits per heavy atom. The molecule has 0 unspecified atom stereocenters. The molecule has 2 aliphatic rings. The second kappa shape index (κ2) is 9.87. The number of piperazine rings is 2. The number of likely N-dealkylation sites (N-methyl/N-ethyl adjacent to an activating group) is 1. The van der Waals surface area contributed by atoms with E-state index in [2.05, 4.69) is 14.8 Å². The van der Waals surface area contributed by atoms with Gasteiger partial charge in [0.25, 0.3) is 11.8 Å². The first-order valence-electron chi connectivity index (χ1n) is 11.8. The van der Waals surface area contributed by atoms with E-state index in [0.717, 1.165) is 18.8 Å². The van der Waals surface area contributed by atoms with Crippen molar-refractivity contribution in [2.75, 3.05) is 64.3 Å². The Morgan fingerprint density at radius 1 is 0.829 bits per heavy atom. The maximum absolute atomic E-state index is 13.5. The highest BCUT2D eigenvalue weighted by Gasteiger charge is 2.30. The fraction of sp³-hybridized carbons (Fsp3) is 0.346. The lowest BCUT2D eigenvalue weighted by atomic mass is 10.0. The molecule has 35 heavy (non-hydrogen) atoms. The molecule has 2 amide bonds. The first-order chi connectivity index (χ1) is 17.0. The minimum Gasteiger partial charge on any atom is -0.443 e. The number of aromatic nitrogens is 1. The Hall–Kier alpha value is -3.72. The van der Waals surface area contributed by atoms with Crippen molar-refractivity contribution in [3.8, 4) is 11.3 Å². The first-order valence-corrected chi connectivity index (χ1v) is 11.8. The summed E-state index contributed by atoms with van der Waals surface area (Å²) in [5.41, 5.74) is 2.21. The molecular formula is C26H28FN5O3. The molecule has 0 radical (unpaired) electrons. The Balaban J connectivity index is 1.33. The average molecular weight is 478 g/mol. The highest BCUT2D eigenvalue weighted by atomic mass is 19.1. The number of carbonyl (C=O) groups is 2. The van der Waals surface area contributed by atoms with Gasteiger partial charge in [-0.15, -0.1) is 0 Å². The summed E-state index contributed by atoms with van der Waals surface area (Å²) >= 11 is 0. The number of hydrogen-bond donors (Lipinski definition) is 0. The zero-order valence-electron chi connectivity index (χ0n) is 19.7. The smallest absolute Gasteiger partial charge is 0.276 e. The molecule has 0 saturated carbocycles. The molecule has 2 fully saturated rings. The first kappa shape index (κ1) is 23.0. The van der Waals surface area contributed by atoms with Gasteiger partial charge in [-0.05, 0) is 37.4 Å². The molecular weight excluding hydrogens is 449 g/mol. The van der Waals surface area contributed by atoms with Crippen LogP contribution in [0.1, 0.15) is 20.8 Å². The molecule has 0 N–H and O–H groups in total. The lowest BCUT2D eigenvalue weighted by molar-refractivity contribution is 0.0658. The van der Waals surface area contributed by atoms with Crippen molar-refractivity contribution in [1.82, 2.24) is 19.7 Å². The SMILES string of the molecule is CN1CCN(C(=O)c2ncoc2-c2ccccc2C(=O)N2CCN(c3ccc(F)cc3)CC2)CC1. The predicted octanol–water partition coefficient (Wildman–Crippen LogP) is 2.83. The lowest BCUT2D eigenvalue weighted by Gasteiger charge is -2.36. The molecule has 0 bridgehead atoms. The summed E-state index contributed by atoms with van der Waals surface area (Å²) < 4.78 is 18.9. The molecule has 2 aliphatic heterocycles. The van der Waals surface area contributed by atoms with Crippen LogP contribution in [0.4, 0.5) is 10.1 Å². The third kappa shape index (κ3) is 4.77. The van der Waals surface area contributed by atoms with Crippen LogP contribution in [0.5, 0.6) is 0 Å². The molecule has 0 spiro atoms. The maximum atomic E-state index is 13.5. The monoisotopic (exact) mass is 477 g/mol. The van der Waals surface area contributed by atoms with E-state index in [9.17, 15) is 14.0 Å². The Bertz CT molecular complexity index is 1200. The largest absolute Gasteiger partial charge is 0.443 e. The molecule has 2 aromatic carbocycles. The van der Waals surface area contributed by atoms with Crippen molar-refractivity contribution in [1.29, 1.82) is 0 Å². The number of hydrogen-bond acceptors (Lipinski definition) is 6. The molecule has 5 rings (SSSR count). The third-order valence-electron chi connectivity index (χ3n) is 6.72. The van der Waals surface area contributed by atoms with Crippen molar-refractivity contribution < 1.29 is 18.4 Å². The van der Waals surface area contributed by atoms with Crippen molar-refractivity contribution in [2.45, 2.75) is 0 Å². The van der Waals surface area contributed by atoms with E-state index in [1.165, 1.54) is 18.5 Å². The number of halogens is 1. The topological polar surface area (TPSA) is 73.1 Å². The highest BCUT2D eigenvalue weighted by Crippen LogP contribution is 2.29. The number of benzene rings is 2. The van der Waals surface area contributed by atoms with Crippen LogP contribution in [0.25, 0.3) is 11.3 Å². The van der Waals surface area contributed by atoms with E-state index in [-0.39, 0.29) is 23.3 Å². The van der Waals surface area contributed by atoms with Crippen molar-refractivity contribution in [3.05, 3.63) is 72.0 Å². The van der Waals surface area contributed by atoms with E-state index < -0.39 is 0 Å². The Labute approximate surface area is 203 Å². The fourth-order valence-corrected chi connectivity index (χ4v) is 4.61. The second-order valence-corrected chi connectivity index (χ2v) is 8.93. The van der Waals surface area contributed by atoms with Gasteiger partial charge in [0.15, 0.2) is 17.8 Å². The Kier molecular flexibility index (Phi) is 6.50. The van der Waals surface area contributed by atoms with Gasteiger partial charge >= 0.3 is 0 Å². The van der Waals surface area contributed by atoms with Crippen LogP contribution in [-0.4, -0.2) is 90.9 Å². The Morgan fingerprint density at radius 2 is 1.46 bits per heavy atom. The number of carbonyl (C=O) groups excluding carboxylic acids is 2. The maximum Gasteiger partial charge on any atom is 0.276 e. The minimum absolute atomic E-state index is 0.117. The molecule has 8 nitrogen and oxygen atoms in total. The van der Waals surface area contributed by atoms with Crippen LogP contribution in [0, 0.1) is 5.82 Å². The van der Waals surface area contributed by atoms with Crippen LogP contribution in [-0.2, 0) is 0 Å². The number of nitrogens with zero attached hydrogens (tertiary/aromatic N) is 5. The molecule has 9 heteroatoms. The van der Waals surface area contributed by atoms with Gasteiger partial charge in [0.1, 0.15) is 5.82 Å². The number of oxazole rings is 1. The van der Waals surface area contributed by atoms with Crippen molar-refractivity contribution in [3.63, 3.8) is 0 Å². The molecule has 0 atom stereocenters. The minimum atomic E-state index is -0.267. The number of anilines is 1. The van der Waals surface area contributed by atoms with Gasteiger partial charge in [0.2, 0.25) is 0 Å². The van der Waals surface area contributed by atoms with Gasteiger partial charge in [-0.2, -0.15) is 0 Å². The number of amides is 2. The average Bonchev–Trinajstić information content (AvgIpc) is 3.39.